The fraction of sp³-hybridized carbons (Fsp3) is 0.231. The molecule has 16 heavy (non-hydrogen) atoms. The van der Waals surface area contributed by atoms with Crippen LogP contribution in [0.15, 0.2) is 36.4 Å². The standard InChI is InChI=1S/C13H16N2O/c14-8-7-12(15)10-5-6-13(16)11-4-2-1-3-9(10)11/h1-6,12,16H,7-8,14-15H2/t12-/m1/s1. The highest BCUT2D eigenvalue weighted by molar-refractivity contribution is 5.91. The van der Waals surface area contributed by atoms with Crippen LogP contribution in [0.1, 0.15) is 18.0 Å². The molecular formula is C13H16N2O. The summed E-state index contributed by atoms with van der Waals surface area (Å²) in [7, 11) is 0. The predicted molar refractivity (Wildman–Crippen MR) is 66.2 cm³/mol. The summed E-state index contributed by atoms with van der Waals surface area (Å²) >= 11 is 0. The third-order valence-corrected chi connectivity index (χ3v) is 2.81. The number of hydrogen-bond donors (Lipinski definition) is 3. The summed E-state index contributed by atoms with van der Waals surface area (Å²) in [6.07, 6.45) is 0.745. The molecule has 0 fully saturated rings. The number of rotatable bonds is 3. The van der Waals surface area contributed by atoms with Crippen LogP contribution in [0.2, 0.25) is 0 Å². The van der Waals surface area contributed by atoms with E-state index in [1.54, 1.807) is 6.07 Å². The number of nitrogens with two attached hydrogens (primary N) is 2. The predicted octanol–water partition coefficient (Wildman–Crippen LogP) is 1.89. The van der Waals surface area contributed by atoms with Crippen LogP contribution in [0.25, 0.3) is 10.8 Å². The first-order valence-electron chi connectivity index (χ1n) is 5.40. The molecule has 0 aliphatic rings. The van der Waals surface area contributed by atoms with E-state index in [-0.39, 0.29) is 6.04 Å². The Morgan fingerprint density at radius 2 is 1.75 bits per heavy atom. The van der Waals surface area contributed by atoms with Crippen LogP contribution >= 0.6 is 0 Å². The third kappa shape index (κ3) is 1.87. The average molecular weight is 216 g/mol. The molecule has 2 rings (SSSR count). The van der Waals surface area contributed by atoms with Gasteiger partial charge in [0, 0.05) is 11.4 Å². The summed E-state index contributed by atoms with van der Waals surface area (Å²) < 4.78 is 0. The maximum atomic E-state index is 9.74. The first-order valence-corrected chi connectivity index (χ1v) is 5.40. The number of benzene rings is 2. The van der Waals surface area contributed by atoms with Crippen LogP contribution in [-0.2, 0) is 0 Å². The van der Waals surface area contributed by atoms with Crippen LogP contribution in [0.4, 0.5) is 0 Å². The maximum Gasteiger partial charge on any atom is 0.123 e. The lowest BCUT2D eigenvalue weighted by atomic mass is 9.97. The molecule has 0 aliphatic heterocycles. The van der Waals surface area contributed by atoms with Crippen molar-refractivity contribution in [3.63, 3.8) is 0 Å². The Balaban J connectivity index is 2.58. The molecule has 2 aromatic carbocycles. The zero-order valence-corrected chi connectivity index (χ0v) is 9.06. The zero-order valence-electron chi connectivity index (χ0n) is 9.06. The van der Waals surface area contributed by atoms with E-state index >= 15 is 0 Å². The molecule has 0 amide bonds. The summed E-state index contributed by atoms with van der Waals surface area (Å²) in [5.74, 6) is 0.291. The second kappa shape index (κ2) is 4.51. The van der Waals surface area contributed by atoms with Gasteiger partial charge in [-0.25, -0.2) is 0 Å². The van der Waals surface area contributed by atoms with E-state index < -0.39 is 0 Å². The van der Waals surface area contributed by atoms with Crippen LogP contribution in [0.3, 0.4) is 0 Å². The molecule has 0 aromatic heterocycles. The Labute approximate surface area is 94.7 Å². The average Bonchev–Trinajstić information content (AvgIpc) is 2.30. The monoisotopic (exact) mass is 216 g/mol. The van der Waals surface area contributed by atoms with E-state index in [0.29, 0.717) is 12.3 Å². The van der Waals surface area contributed by atoms with Crippen molar-refractivity contribution in [3.8, 4) is 5.75 Å². The second-order valence-corrected chi connectivity index (χ2v) is 3.90. The van der Waals surface area contributed by atoms with Gasteiger partial charge in [0.2, 0.25) is 0 Å². The van der Waals surface area contributed by atoms with Gasteiger partial charge in [0.1, 0.15) is 5.75 Å². The van der Waals surface area contributed by atoms with Crippen molar-refractivity contribution in [2.45, 2.75) is 12.5 Å². The van der Waals surface area contributed by atoms with Gasteiger partial charge in [0.05, 0.1) is 0 Å². The summed E-state index contributed by atoms with van der Waals surface area (Å²) in [6, 6.07) is 11.2. The SMILES string of the molecule is NCC[C@@H](N)c1ccc(O)c2ccccc12. The molecule has 5 N–H and O–H groups in total. The summed E-state index contributed by atoms with van der Waals surface area (Å²) in [4.78, 5) is 0. The summed E-state index contributed by atoms with van der Waals surface area (Å²) in [5.41, 5.74) is 12.6. The lowest BCUT2D eigenvalue weighted by molar-refractivity contribution is 0.481. The molecule has 0 radical (unpaired) electrons. The molecule has 0 spiro atoms. The van der Waals surface area contributed by atoms with E-state index in [1.165, 1.54) is 0 Å². The smallest absolute Gasteiger partial charge is 0.123 e. The first-order chi connectivity index (χ1) is 7.74. The molecule has 0 saturated carbocycles. The molecule has 1 atom stereocenters. The van der Waals surface area contributed by atoms with Gasteiger partial charge >= 0.3 is 0 Å². The molecule has 0 unspecified atom stereocenters. The van der Waals surface area contributed by atoms with Crippen LogP contribution < -0.4 is 11.5 Å². The maximum absolute atomic E-state index is 9.74. The largest absolute Gasteiger partial charge is 0.507 e. The third-order valence-electron chi connectivity index (χ3n) is 2.81. The highest BCUT2D eigenvalue weighted by Crippen LogP contribution is 2.30. The Morgan fingerprint density at radius 1 is 1.06 bits per heavy atom. The van der Waals surface area contributed by atoms with Gasteiger partial charge in [-0.15, -0.1) is 0 Å². The quantitative estimate of drug-likeness (QED) is 0.733. The minimum absolute atomic E-state index is 0.0736. The zero-order chi connectivity index (χ0) is 11.5. The normalized spacial score (nSPS) is 12.9. The van der Waals surface area contributed by atoms with Crippen molar-refractivity contribution in [1.82, 2.24) is 0 Å². The topological polar surface area (TPSA) is 72.3 Å². The van der Waals surface area contributed by atoms with E-state index in [1.807, 2.05) is 30.3 Å². The molecule has 0 saturated heterocycles. The summed E-state index contributed by atoms with van der Waals surface area (Å²) in [6.45, 7) is 0.566. The van der Waals surface area contributed by atoms with Gasteiger partial charge in [-0.2, -0.15) is 0 Å². The van der Waals surface area contributed by atoms with E-state index in [4.69, 9.17) is 11.5 Å². The van der Waals surface area contributed by atoms with Gasteiger partial charge in [-0.05, 0) is 30.0 Å². The Kier molecular flexibility index (Phi) is 3.08. The molecule has 84 valence electrons. The lowest BCUT2D eigenvalue weighted by Crippen LogP contribution is -2.15. The van der Waals surface area contributed by atoms with Gasteiger partial charge in [-0.1, -0.05) is 30.3 Å². The minimum atomic E-state index is -0.0736. The molecular weight excluding hydrogens is 200 g/mol. The number of aromatic hydroxyl groups is 1. The first kappa shape index (κ1) is 10.9. The fourth-order valence-electron chi connectivity index (χ4n) is 1.96. The van der Waals surface area contributed by atoms with Crippen LogP contribution in [0, 0.1) is 0 Å². The molecule has 0 bridgehead atoms. The van der Waals surface area contributed by atoms with Crippen LogP contribution in [-0.4, -0.2) is 11.7 Å². The van der Waals surface area contributed by atoms with Gasteiger partial charge in [-0.3, -0.25) is 0 Å². The second-order valence-electron chi connectivity index (χ2n) is 3.90. The Morgan fingerprint density at radius 3 is 2.44 bits per heavy atom. The van der Waals surface area contributed by atoms with E-state index in [0.717, 1.165) is 22.8 Å². The van der Waals surface area contributed by atoms with Crippen molar-refractivity contribution < 1.29 is 5.11 Å². The molecule has 0 aliphatic carbocycles. The number of phenolic OH excluding ortho intramolecular Hbond substituents is 1. The highest BCUT2D eigenvalue weighted by Gasteiger charge is 2.10. The fourth-order valence-corrected chi connectivity index (χ4v) is 1.96. The van der Waals surface area contributed by atoms with Crippen molar-refractivity contribution >= 4 is 10.8 Å². The molecule has 0 heterocycles. The summed E-state index contributed by atoms with van der Waals surface area (Å²) in [5, 5.41) is 11.6. The Bertz CT molecular complexity index is 496. The Hall–Kier alpha value is -1.58. The molecule has 2 aromatic rings. The van der Waals surface area contributed by atoms with Crippen molar-refractivity contribution in [2.75, 3.05) is 6.54 Å². The molecule has 3 heteroatoms. The minimum Gasteiger partial charge on any atom is -0.507 e. The van der Waals surface area contributed by atoms with E-state index in [2.05, 4.69) is 0 Å². The van der Waals surface area contributed by atoms with Crippen molar-refractivity contribution in [3.05, 3.63) is 42.0 Å². The number of fused-ring (bicyclic) bond motifs is 1. The van der Waals surface area contributed by atoms with Gasteiger partial charge in [0.25, 0.3) is 0 Å². The number of phenols is 1. The molecule has 3 nitrogen and oxygen atoms in total. The van der Waals surface area contributed by atoms with Crippen molar-refractivity contribution in [1.29, 1.82) is 0 Å². The van der Waals surface area contributed by atoms with Gasteiger partial charge in [0.15, 0.2) is 0 Å². The van der Waals surface area contributed by atoms with Crippen LogP contribution in [0.5, 0.6) is 5.75 Å². The number of hydrogen-bond acceptors (Lipinski definition) is 3. The van der Waals surface area contributed by atoms with E-state index in [9.17, 15) is 5.11 Å². The van der Waals surface area contributed by atoms with Crippen molar-refractivity contribution in [2.24, 2.45) is 11.5 Å². The van der Waals surface area contributed by atoms with Gasteiger partial charge < -0.3 is 16.6 Å². The lowest BCUT2D eigenvalue weighted by Gasteiger charge is -2.14. The highest BCUT2D eigenvalue weighted by atomic mass is 16.3.